The highest BCUT2D eigenvalue weighted by molar-refractivity contribution is 7.56. The first-order valence-electron chi connectivity index (χ1n) is 15.9. The van der Waals surface area contributed by atoms with Gasteiger partial charge in [-0.25, -0.2) is 0 Å². The molecule has 0 amide bonds. The lowest BCUT2D eigenvalue weighted by Gasteiger charge is -2.40. The zero-order chi connectivity index (χ0) is 32.8. The number of H-pyrrole nitrogens is 1. The minimum Gasteiger partial charge on any atom is -0.491 e. The highest BCUT2D eigenvalue weighted by Gasteiger charge is 2.27. The van der Waals surface area contributed by atoms with Crippen LogP contribution in [0.15, 0.2) is 54.7 Å². The Morgan fingerprint density at radius 2 is 1.80 bits per heavy atom. The summed E-state index contributed by atoms with van der Waals surface area (Å²) in [7, 11) is 4.16. The number of para-hydroxylation sites is 1. The van der Waals surface area contributed by atoms with Gasteiger partial charge in [-0.1, -0.05) is 26.0 Å². The number of aromatic amines is 1. The van der Waals surface area contributed by atoms with Crippen LogP contribution in [0.4, 0.5) is 28.8 Å². The molecule has 3 heterocycles. The van der Waals surface area contributed by atoms with Crippen LogP contribution < -0.4 is 25.6 Å². The van der Waals surface area contributed by atoms with Crippen molar-refractivity contribution in [3.8, 4) is 5.75 Å². The molecule has 1 aliphatic rings. The molecule has 1 saturated heterocycles. The van der Waals surface area contributed by atoms with E-state index in [1.807, 2.05) is 56.4 Å². The molecule has 0 radical (unpaired) electrons. The summed E-state index contributed by atoms with van der Waals surface area (Å²) in [6.45, 7) is 11.1. The molecular weight excluding hydrogens is 601 g/mol. The number of rotatable bonds is 14. The van der Waals surface area contributed by atoms with E-state index in [0.29, 0.717) is 42.5 Å². The normalized spacial score (nSPS) is 14.5. The van der Waals surface area contributed by atoms with Gasteiger partial charge < -0.3 is 44.3 Å². The molecule has 248 valence electrons. The maximum Gasteiger partial charge on any atom is 0.231 e. The fourth-order valence-corrected chi connectivity index (χ4v) is 6.95. The van der Waals surface area contributed by atoms with E-state index >= 15 is 0 Å². The van der Waals surface area contributed by atoms with Crippen molar-refractivity contribution < 1.29 is 18.9 Å². The van der Waals surface area contributed by atoms with Gasteiger partial charge in [0, 0.05) is 57.8 Å². The number of nitrogens with zero attached hydrogens (tertiary/aromatic N) is 4. The molecule has 2 aromatic carbocycles. The third kappa shape index (κ3) is 8.46. The molecule has 0 spiro atoms. The van der Waals surface area contributed by atoms with E-state index in [4.69, 9.17) is 23.8 Å². The number of nitrogens with one attached hydrogen (secondary N) is 3. The standard InChI is InChI=1S/C34H48N7O4P/c1-23(2)21-45-29-20-24(12-13-28(29)41-18-15-25(16-19-41)40(5)22-34(3,4)42)36-33-38-31-26(14-17-35-31)32(39-33)37-27-10-8-9-11-30(27)46(43-6)44-7/h8-14,17,20,23,25,42H,15-16,18-19,21-22H2,1-7H3,(H3,35,36,37,38,39). The molecule has 46 heavy (non-hydrogen) atoms. The number of aromatic nitrogens is 3. The maximum absolute atomic E-state index is 10.3. The largest absolute Gasteiger partial charge is 0.491 e. The fourth-order valence-electron chi connectivity index (χ4n) is 5.87. The number of aliphatic hydroxyl groups is 1. The highest BCUT2D eigenvalue weighted by Crippen LogP contribution is 2.39. The Bertz CT molecular complexity index is 1580. The van der Waals surface area contributed by atoms with Gasteiger partial charge in [0.15, 0.2) is 0 Å². The van der Waals surface area contributed by atoms with Gasteiger partial charge in [0.25, 0.3) is 0 Å². The summed E-state index contributed by atoms with van der Waals surface area (Å²) in [5.74, 6) is 2.34. The summed E-state index contributed by atoms with van der Waals surface area (Å²) < 4.78 is 17.6. The van der Waals surface area contributed by atoms with Crippen LogP contribution in [0.3, 0.4) is 0 Å². The van der Waals surface area contributed by atoms with Gasteiger partial charge in [-0.15, -0.1) is 0 Å². The van der Waals surface area contributed by atoms with Crippen molar-refractivity contribution in [1.82, 2.24) is 19.9 Å². The molecule has 0 bridgehead atoms. The maximum atomic E-state index is 10.3. The number of anilines is 5. The topological polar surface area (TPSA) is 120 Å². The molecule has 0 saturated carbocycles. The molecule has 5 rings (SSSR count). The number of likely N-dealkylation sites (N-methyl/N-ethyl adjacent to an activating group) is 1. The lowest BCUT2D eigenvalue weighted by atomic mass is 10.0. The first-order chi connectivity index (χ1) is 22.0. The van der Waals surface area contributed by atoms with Crippen molar-refractivity contribution in [3.63, 3.8) is 0 Å². The van der Waals surface area contributed by atoms with Crippen molar-refractivity contribution in [2.75, 3.05) is 63.0 Å². The second kappa shape index (κ2) is 15.0. The van der Waals surface area contributed by atoms with Gasteiger partial charge in [0.05, 0.1) is 34.3 Å². The Hall–Kier alpha value is -3.47. The number of ether oxygens (including phenoxy) is 1. The van der Waals surface area contributed by atoms with E-state index in [2.05, 4.69) is 58.4 Å². The third-order valence-corrected chi connectivity index (χ3v) is 9.40. The molecule has 4 aromatic rings. The summed E-state index contributed by atoms with van der Waals surface area (Å²) in [6, 6.07) is 16.5. The van der Waals surface area contributed by atoms with Gasteiger partial charge >= 0.3 is 0 Å². The van der Waals surface area contributed by atoms with E-state index in [9.17, 15) is 5.11 Å². The van der Waals surface area contributed by atoms with Crippen molar-refractivity contribution in [2.45, 2.75) is 52.2 Å². The summed E-state index contributed by atoms with van der Waals surface area (Å²) in [5, 5.41) is 19.0. The molecule has 0 unspecified atom stereocenters. The van der Waals surface area contributed by atoms with Crippen molar-refractivity contribution >= 4 is 53.5 Å². The van der Waals surface area contributed by atoms with Gasteiger partial charge in [-0.3, -0.25) is 0 Å². The van der Waals surface area contributed by atoms with Crippen LogP contribution in [0.25, 0.3) is 11.0 Å². The number of hydrogen-bond donors (Lipinski definition) is 4. The smallest absolute Gasteiger partial charge is 0.231 e. The van der Waals surface area contributed by atoms with E-state index < -0.39 is 14.0 Å². The molecule has 11 nitrogen and oxygen atoms in total. The van der Waals surface area contributed by atoms with E-state index in [0.717, 1.165) is 59.4 Å². The Balaban J connectivity index is 1.38. The number of piperidine rings is 1. The van der Waals surface area contributed by atoms with E-state index in [-0.39, 0.29) is 0 Å². The van der Waals surface area contributed by atoms with Gasteiger partial charge in [-0.05, 0) is 70.0 Å². The second-order valence-electron chi connectivity index (χ2n) is 12.9. The van der Waals surface area contributed by atoms with Crippen molar-refractivity contribution in [3.05, 3.63) is 54.7 Å². The number of benzene rings is 2. The van der Waals surface area contributed by atoms with Crippen LogP contribution in [0.5, 0.6) is 5.75 Å². The average Bonchev–Trinajstić information content (AvgIpc) is 3.50. The van der Waals surface area contributed by atoms with Crippen LogP contribution in [0.2, 0.25) is 0 Å². The zero-order valence-electron chi connectivity index (χ0n) is 28.0. The summed E-state index contributed by atoms with van der Waals surface area (Å²) in [4.78, 5) is 17.6. The van der Waals surface area contributed by atoms with Crippen molar-refractivity contribution in [2.24, 2.45) is 5.92 Å². The lowest BCUT2D eigenvalue weighted by Crippen LogP contribution is -2.47. The van der Waals surface area contributed by atoms with Crippen LogP contribution in [0.1, 0.15) is 40.5 Å². The molecular formula is C34H48N7O4P. The van der Waals surface area contributed by atoms with Gasteiger partial charge in [-0.2, -0.15) is 9.97 Å². The van der Waals surface area contributed by atoms with Crippen LogP contribution >= 0.6 is 8.38 Å². The molecule has 0 aliphatic carbocycles. The predicted molar refractivity (Wildman–Crippen MR) is 188 cm³/mol. The number of hydrogen-bond acceptors (Lipinski definition) is 10. The van der Waals surface area contributed by atoms with Crippen LogP contribution in [-0.4, -0.2) is 84.1 Å². The van der Waals surface area contributed by atoms with Crippen LogP contribution in [-0.2, 0) is 9.05 Å². The first-order valence-corrected chi connectivity index (χ1v) is 17.0. The molecule has 12 heteroatoms. The third-order valence-electron chi connectivity index (χ3n) is 7.95. The Morgan fingerprint density at radius 3 is 2.50 bits per heavy atom. The SMILES string of the molecule is COP(OC)c1ccccc1Nc1nc(Nc2ccc(N3CCC(N(C)CC(C)(C)O)CC3)c(OCC(C)C)c2)nc2[nH]ccc12. The lowest BCUT2D eigenvalue weighted by molar-refractivity contribution is 0.0274. The fraction of sp³-hybridized carbons (Fsp3) is 0.471. The number of fused-ring (bicyclic) bond motifs is 1. The second-order valence-corrected chi connectivity index (χ2v) is 14.6. The van der Waals surface area contributed by atoms with Gasteiger partial charge in [0.1, 0.15) is 17.2 Å². The van der Waals surface area contributed by atoms with Crippen LogP contribution in [0, 0.1) is 5.92 Å². The zero-order valence-corrected chi connectivity index (χ0v) is 28.9. The highest BCUT2D eigenvalue weighted by atomic mass is 31.2. The molecule has 4 N–H and O–H groups in total. The summed E-state index contributed by atoms with van der Waals surface area (Å²) in [6.07, 6.45) is 3.90. The Morgan fingerprint density at radius 1 is 1.07 bits per heavy atom. The molecule has 0 atom stereocenters. The molecule has 1 aliphatic heterocycles. The monoisotopic (exact) mass is 649 g/mol. The average molecular weight is 650 g/mol. The Kier molecular flexibility index (Phi) is 11.0. The minimum atomic E-state index is -1.24. The quantitative estimate of drug-likeness (QED) is 0.115. The Labute approximate surface area is 273 Å². The molecule has 2 aromatic heterocycles. The molecule has 1 fully saturated rings. The van der Waals surface area contributed by atoms with Gasteiger partial charge in [0.2, 0.25) is 14.3 Å². The first kappa shape index (κ1) is 33.9. The summed E-state index contributed by atoms with van der Waals surface area (Å²) in [5.41, 5.74) is 2.78. The minimum absolute atomic E-state index is 0.387. The van der Waals surface area contributed by atoms with E-state index in [1.54, 1.807) is 14.2 Å². The van der Waals surface area contributed by atoms with Crippen molar-refractivity contribution in [1.29, 1.82) is 0 Å². The predicted octanol–water partition coefficient (Wildman–Crippen LogP) is 6.38. The summed E-state index contributed by atoms with van der Waals surface area (Å²) >= 11 is 0. The van der Waals surface area contributed by atoms with E-state index in [1.165, 1.54) is 0 Å².